The minimum absolute atomic E-state index is 0.0597. The lowest BCUT2D eigenvalue weighted by molar-refractivity contribution is -0.143. The Labute approximate surface area is 123 Å². The summed E-state index contributed by atoms with van der Waals surface area (Å²) in [6.07, 6.45) is 4.24. The van der Waals surface area contributed by atoms with Gasteiger partial charge >= 0.3 is 5.97 Å². The van der Waals surface area contributed by atoms with Gasteiger partial charge in [-0.25, -0.2) is 0 Å². The molecule has 20 heavy (non-hydrogen) atoms. The van der Waals surface area contributed by atoms with Crippen LogP contribution in [-0.2, 0) is 14.3 Å². The molecule has 0 radical (unpaired) electrons. The quantitative estimate of drug-likeness (QED) is 0.550. The van der Waals surface area contributed by atoms with Gasteiger partial charge in [-0.15, -0.1) is 0 Å². The fraction of sp³-hybridized carbons (Fsp3) is 0.750. The van der Waals surface area contributed by atoms with E-state index in [4.69, 9.17) is 4.74 Å². The predicted molar refractivity (Wildman–Crippen MR) is 81.1 cm³/mol. The Morgan fingerprint density at radius 2 is 1.60 bits per heavy atom. The molecule has 3 atom stereocenters. The second kappa shape index (κ2) is 9.56. The van der Waals surface area contributed by atoms with Crippen molar-refractivity contribution in [2.24, 2.45) is 23.7 Å². The number of rotatable bonds is 8. The minimum atomic E-state index is -0.398. The van der Waals surface area contributed by atoms with Gasteiger partial charge in [-0.3, -0.25) is 9.59 Å². The van der Waals surface area contributed by atoms with Gasteiger partial charge in [-0.1, -0.05) is 46.8 Å². The third-order valence-corrected chi connectivity index (χ3v) is 3.68. The number of esters is 1. The number of hydrogen-bond donors (Lipinski definition) is 1. The maximum Gasteiger partial charge on any atom is 0.325 e. The highest BCUT2D eigenvalue weighted by Crippen LogP contribution is 2.17. The SMILES string of the molecule is CCOC(=O)CNC(=O)C(C)C(C)/C=C\C(C)C(C)C. The van der Waals surface area contributed by atoms with Crippen molar-refractivity contribution in [3.8, 4) is 0 Å². The Bertz CT molecular complexity index is 337. The van der Waals surface area contributed by atoms with Crippen LogP contribution in [0.5, 0.6) is 0 Å². The van der Waals surface area contributed by atoms with Gasteiger partial charge in [-0.2, -0.15) is 0 Å². The monoisotopic (exact) mass is 283 g/mol. The van der Waals surface area contributed by atoms with Crippen LogP contribution in [0, 0.1) is 23.7 Å². The molecule has 0 aromatic rings. The van der Waals surface area contributed by atoms with Crippen LogP contribution < -0.4 is 5.32 Å². The van der Waals surface area contributed by atoms with E-state index in [1.807, 2.05) is 13.8 Å². The first kappa shape index (κ1) is 18.7. The molecule has 0 rings (SSSR count). The lowest BCUT2D eigenvalue weighted by Crippen LogP contribution is -2.36. The van der Waals surface area contributed by atoms with E-state index >= 15 is 0 Å². The summed E-state index contributed by atoms with van der Waals surface area (Å²) in [5.74, 6) is 0.536. The summed E-state index contributed by atoms with van der Waals surface area (Å²) in [4.78, 5) is 23.1. The molecular weight excluding hydrogens is 254 g/mol. The fourth-order valence-corrected chi connectivity index (χ4v) is 1.51. The Morgan fingerprint density at radius 1 is 1.05 bits per heavy atom. The first-order valence-electron chi connectivity index (χ1n) is 7.41. The standard InChI is InChI=1S/C16H29NO3/c1-7-20-15(18)10-17-16(19)14(6)13(5)9-8-12(4)11(2)3/h8-9,11-14H,7,10H2,1-6H3,(H,17,19)/b9-8-. The first-order valence-corrected chi connectivity index (χ1v) is 7.41. The molecule has 0 aromatic carbocycles. The molecule has 0 saturated heterocycles. The number of nitrogens with one attached hydrogen (secondary N) is 1. The summed E-state index contributed by atoms with van der Waals surface area (Å²) in [6, 6.07) is 0. The van der Waals surface area contributed by atoms with Crippen molar-refractivity contribution in [3.63, 3.8) is 0 Å². The van der Waals surface area contributed by atoms with Crippen molar-refractivity contribution in [1.82, 2.24) is 5.32 Å². The molecule has 3 unspecified atom stereocenters. The van der Waals surface area contributed by atoms with Crippen LogP contribution in [0.15, 0.2) is 12.2 Å². The van der Waals surface area contributed by atoms with E-state index in [0.717, 1.165) is 0 Å². The highest BCUT2D eigenvalue weighted by Gasteiger charge is 2.19. The summed E-state index contributed by atoms with van der Waals surface area (Å²) in [7, 11) is 0. The zero-order chi connectivity index (χ0) is 15.7. The van der Waals surface area contributed by atoms with Crippen molar-refractivity contribution in [2.75, 3.05) is 13.2 Å². The Hall–Kier alpha value is -1.32. The second-order valence-electron chi connectivity index (χ2n) is 5.66. The van der Waals surface area contributed by atoms with E-state index in [1.165, 1.54) is 0 Å². The van der Waals surface area contributed by atoms with Gasteiger partial charge in [0.2, 0.25) is 5.91 Å². The van der Waals surface area contributed by atoms with E-state index in [1.54, 1.807) is 6.92 Å². The van der Waals surface area contributed by atoms with E-state index in [-0.39, 0.29) is 24.3 Å². The Kier molecular flexibility index (Phi) is 8.93. The van der Waals surface area contributed by atoms with E-state index < -0.39 is 5.97 Å². The normalized spacial score (nSPS) is 15.9. The smallest absolute Gasteiger partial charge is 0.325 e. The maximum absolute atomic E-state index is 11.9. The van der Waals surface area contributed by atoms with Crippen LogP contribution in [0.25, 0.3) is 0 Å². The van der Waals surface area contributed by atoms with Crippen molar-refractivity contribution in [2.45, 2.75) is 41.5 Å². The summed E-state index contributed by atoms with van der Waals surface area (Å²) in [5, 5.41) is 2.61. The molecule has 0 aliphatic rings. The van der Waals surface area contributed by atoms with Crippen LogP contribution in [-0.4, -0.2) is 25.0 Å². The van der Waals surface area contributed by atoms with Gasteiger partial charge in [0.05, 0.1) is 6.61 Å². The minimum Gasteiger partial charge on any atom is -0.465 e. The molecular formula is C16H29NO3. The number of carbonyl (C=O) groups is 2. The molecule has 1 N–H and O–H groups in total. The number of ether oxygens (including phenoxy) is 1. The van der Waals surface area contributed by atoms with Crippen LogP contribution >= 0.6 is 0 Å². The molecule has 0 fully saturated rings. The average molecular weight is 283 g/mol. The molecule has 0 aliphatic carbocycles. The van der Waals surface area contributed by atoms with Crippen molar-refractivity contribution in [1.29, 1.82) is 0 Å². The molecule has 1 amide bonds. The van der Waals surface area contributed by atoms with Crippen molar-refractivity contribution in [3.05, 3.63) is 12.2 Å². The molecule has 0 saturated carbocycles. The van der Waals surface area contributed by atoms with Gasteiger partial charge < -0.3 is 10.1 Å². The lowest BCUT2D eigenvalue weighted by Gasteiger charge is -2.17. The highest BCUT2D eigenvalue weighted by atomic mass is 16.5. The number of amides is 1. The number of hydrogen-bond acceptors (Lipinski definition) is 3. The molecule has 116 valence electrons. The second-order valence-corrected chi connectivity index (χ2v) is 5.66. The largest absolute Gasteiger partial charge is 0.465 e. The van der Waals surface area contributed by atoms with Gasteiger partial charge in [0.25, 0.3) is 0 Å². The van der Waals surface area contributed by atoms with Crippen molar-refractivity contribution >= 4 is 11.9 Å². The van der Waals surface area contributed by atoms with Gasteiger partial charge in [0.15, 0.2) is 0 Å². The zero-order valence-electron chi connectivity index (χ0n) is 13.6. The average Bonchev–Trinajstić information content (AvgIpc) is 2.40. The molecule has 0 aromatic heterocycles. The van der Waals surface area contributed by atoms with E-state index in [2.05, 4.69) is 38.2 Å². The van der Waals surface area contributed by atoms with Crippen LogP contribution in [0.2, 0.25) is 0 Å². The van der Waals surface area contributed by atoms with Gasteiger partial charge in [0.1, 0.15) is 6.54 Å². The van der Waals surface area contributed by atoms with Crippen LogP contribution in [0.4, 0.5) is 0 Å². The summed E-state index contributed by atoms with van der Waals surface area (Å²) < 4.78 is 4.77. The predicted octanol–water partition coefficient (Wildman–Crippen LogP) is 2.79. The summed E-state index contributed by atoms with van der Waals surface area (Å²) in [5.41, 5.74) is 0. The van der Waals surface area contributed by atoms with Crippen LogP contribution in [0.3, 0.4) is 0 Å². The fourth-order valence-electron chi connectivity index (χ4n) is 1.51. The van der Waals surface area contributed by atoms with Crippen molar-refractivity contribution < 1.29 is 14.3 Å². The number of allylic oxidation sites excluding steroid dienone is 2. The zero-order valence-corrected chi connectivity index (χ0v) is 13.6. The Morgan fingerprint density at radius 3 is 2.10 bits per heavy atom. The van der Waals surface area contributed by atoms with Crippen LogP contribution in [0.1, 0.15) is 41.5 Å². The lowest BCUT2D eigenvalue weighted by atomic mass is 9.91. The van der Waals surface area contributed by atoms with E-state index in [9.17, 15) is 9.59 Å². The Balaban J connectivity index is 4.25. The molecule has 4 nitrogen and oxygen atoms in total. The topological polar surface area (TPSA) is 55.4 Å². The molecule has 0 bridgehead atoms. The van der Waals surface area contributed by atoms with E-state index in [0.29, 0.717) is 18.4 Å². The summed E-state index contributed by atoms with van der Waals surface area (Å²) in [6.45, 7) is 12.4. The van der Waals surface area contributed by atoms with Gasteiger partial charge in [0, 0.05) is 5.92 Å². The third-order valence-electron chi connectivity index (χ3n) is 3.68. The molecule has 0 aliphatic heterocycles. The molecule has 4 heteroatoms. The maximum atomic E-state index is 11.9. The summed E-state index contributed by atoms with van der Waals surface area (Å²) >= 11 is 0. The highest BCUT2D eigenvalue weighted by molar-refractivity contribution is 5.83. The number of carbonyl (C=O) groups excluding carboxylic acids is 2. The first-order chi connectivity index (χ1) is 9.29. The molecule has 0 spiro atoms. The third kappa shape index (κ3) is 7.31. The molecule has 0 heterocycles. The van der Waals surface area contributed by atoms with Gasteiger partial charge in [-0.05, 0) is 24.7 Å².